The van der Waals surface area contributed by atoms with Gasteiger partial charge in [0.25, 0.3) is 0 Å². The molecular formula is C22H38O4. The van der Waals surface area contributed by atoms with Crippen molar-refractivity contribution in [3.8, 4) is 0 Å². The van der Waals surface area contributed by atoms with Crippen LogP contribution in [0.3, 0.4) is 0 Å². The van der Waals surface area contributed by atoms with E-state index in [1.54, 1.807) is 0 Å². The summed E-state index contributed by atoms with van der Waals surface area (Å²) in [5.74, 6) is -0.521. The van der Waals surface area contributed by atoms with Gasteiger partial charge < -0.3 is 0 Å². The summed E-state index contributed by atoms with van der Waals surface area (Å²) in [7, 11) is 0. The third-order valence-electron chi connectivity index (χ3n) is 4.93. The quantitative estimate of drug-likeness (QED) is 0.205. The van der Waals surface area contributed by atoms with E-state index in [1.807, 2.05) is 0 Å². The molecule has 0 aromatic rings. The van der Waals surface area contributed by atoms with Gasteiger partial charge in [-0.25, -0.2) is 19.4 Å². The first-order chi connectivity index (χ1) is 12.4. The average Bonchev–Trinajstić information content (AvgIpc) is 2.65. The van der Waals surface area contributed by atoms with Gasteiger partial charge in [0.05, 0.1) is 0 Å². The van der Waals surface area contributed by atoms with Gasteiger partial charge in [-0.2, -0.15) is 0 Å². The molecule has 0 bridgehead atoms. The number of carbonyl (C=O) groups is 2. The van der Waals surface area contributed by atoms with Crippen LogP contribution >= 0.6 is 0 Å². The lowest BCUT2D eigenvalue weighted by atomic mass is 9.92. The predicted octanol–water partition coefficient (Wildman–Crippen LogP) is 6.31. The first-order valence-corrected chi connectivity index (χ1v) is 10.2. The minimum Gasteiger partial charge on any atom is -0.242 e. The fraction of sp³-hybridized carbons (Fsp3) is 0.727. The molecule has 0 aromatic carbocycles. The molecule has 0 aromatic heterocycles. The summed E-state index contributed by atoms with van der Waals surface area (Å²) in [6.45, 7) is 16.1. The molecule has 0 saturated carbocycles. The summed E-state index contributed by atoms with van der Waals surface area (Å²) < 4.78 is 0. The van der Waals surface area contributed by atoms with Crippen molar-refractivity contribution in [3.05, 3.63) is 24.3 Å². The van der Waals surface area contributed by atoms with E-state index in [0.29, 0.717) is 35.8 Å². The molecule has 0 radical (unpaired) electrons. The second kappa shape index (κ2) is 14.6. The van der Waals surface area contributed by atoms with Crippen molar-refractivity contribution in [1.82, 2.24) is 0 Å². The van der Waals surface area contributed by atoms with E-state index in [1.165, 1.54) is 0 Å². The van der Waals surface area contributed by atoms with Gasteiger partial charge in [-0.15, -0.1) is 0 Å². The van der Waals surface area contributed by atoms with Gasteiger partial charge in [-0.3, -0.25) is 0 Å². The van der Waals surface area contributed by atoms with Gasteiger partial charge in [-0.05, 0) is 24.7 Å². The van der Waals surface area contributed by atoms with Gasteiger partial charge in [0.1, 0.15) is 0 Å². The number of hydrogen-bond donors (Lipinski definition) is 0. The highest BCUT2D eigenvalue weighted by Gasteiger charge is 2.20. The average molecular weight is 367 g/mol. The van der Waals surface area contributed by atoms with Gasteiger partial charge in [-0.1, -0.05) is 92.2 Å². The van der Waals surface area contributed by atoms with E-state index in [-0.39, 0.29) is 0 Å². The molecule has 0 rings (SSSR count). The highest BCUT2D eigenvalue weighted by molar-refractivity contribution is 5.90. The van der Waals surface area contributed by atoms with Crippen LogP contribution in [0.15, 0.2) is 24.3 Å². The maximum atomic E-state index is 12.0. The molecule has 150 valence electrons. The Balaban J connectivity index is 4.32. The Morgan fingerprint density at radius 1 is 0.731 bits per heavy atom. The summed E-state index contributed by atoms with van der Waals surface area (Å²) in [4.78, 5) is 33.3. The molecule has 4 nitrogen and oxygen atoms in total. The topological polar surface area (TPSA) is 52.6 Å². The Morgan fingerprint density at radius 3 is 1.35 bits per heavy atom. The zero-order valence-electron chi connectivity index (χ0n) is 17.3. The monoisotopic (exact) mass is 366 g/mol. The van der Waals surface area contributed by atoms with Crippen molar-refractivity contribution in [2.75, 3.05) is 0 Å². The van der Waals surface area contributed by atoms with E-state index in [9.17, 15) is 9.59 Å². The molecule has 0 aliphatic carbocycles. The van der Waals surface area contributed by atoms with Crippen LogP contribution in [0.2, 0.25) is 0 Å². The molecule has 26 heavy (non-hydrogen) atoms. The summed E-state index contributed by atoms with van der Waals surface area (Å²) in [5.41, 5.74) is 0.696. The molecule has 2 unspecified atom stereocenters. The van der Waals surface area contributed by atoms with Crippen LogP contribution in [-0.4, -0.2) is 11.9 Å². The molecule has 4 heteroatoms. The third kappa shape index (κ3) is 10.4. The van der Waals surface area contributed by atoms with E-state index in [0.717, 1.165) is 51.4 Å². The van der Waals surface area contributed by atoms with Crippen LogP contribution in [0.5, 0.6) is 0 Å². The smallest absolute Gasteiger partial charge is 0.242 e. The summed E-state index contributed by atoms with van der Waals surface area (Å²) in [6.07, 6.45) is 9.76. The first-order valence-electron chi connectivity index (χ1n) is 10.2. The number of rotatable bonds is 14. The first kappa shape index (κ1) is 24.4. The van der Waals surface area contributed by atoms with E-state index in [4.69, 9.17) is 0 Å². The Hall–Kier alpha value is -1.58. The van der Waals surface area contributed by atoms with Crippen molar-refractivity contribution < 1.29 is 19.4 Å². The Labute approximate surface area is 160 Å². The second-order valence-corrected chi connectivity index (χ2v) is 7.19. The Morgan fingerprint density at radius 2 is 1.08 bits per heavy atom. The molecule has 2 atom stereocenters. The lowest BCUT2D eigenvalue weighted by molar-refractivity contribution is -0.252. The minimum absolute atomic E-state index is 0.348. The largest absolute Gasteiger partial charge is 0.381 e. The summed E-state index contributed by atoms with van der Waals surface area (Å²) in [5, 5.41) is 0. The van der Waals surface area contributed by atoms with Crippen LogP contribution in [0.1, 0.15) is 91.9 Å². The number of unbranched alkanes of at least 4 members (excludes halogenated alkanes) is 2. The van der Waals surface area contributed by atoms with Crippen molar-refractivity contribution in [3.63, 3.8) is 0 Å². The molecule has 0 spiro atoms. The third-order valence-corrected chi connectivity index (χ3v) is 4.93. The molecular weight excluding hydrogens is 328 g/mol. The Bertz CT molecular complexity index is 411. The van der Waals surface area contributed by atoms with Gasteiger partial charge in [0.2, 0.25) is 0 Å². The standard InChI is InChI=1S/C22H38O4/c1-7-11-13-19(9-3)15-17(5)21(23)25-26-22(24)18(6)16-20(10-4)14-12-8-2/h19-20H,5-16H2,1-4H3. The number of carbonyl (C=O) groups excluding carboxylic acids is 2. The highest BCUT2D eigenvalue weighted by Crippen LogP contribution is 2.23. The van der Waals surface area contributed by atoms with Crippen LogP contribution in [-0.2, 0) is 19.4 Å². The fourth-order valence-corrected chi connectivity index (χ4v) is 2.94. The van der Waals surface area contributed by atoms with Crippen LogP contribution in [0.25, 0.3) is 0 Å². The van der Waals surface area contributed by atoms with E-state index >= 15 is 0 Å². The lowest BCUT2D eigenvalue weighted by Gasteiger charge is -2.16. The van der Waals surface area contributed by atoms with Crippen LogP contribution < -0.4 is 0 Å². The van der Waals surface area contributed by atoms with Gasteiger partial charge in [0, 0.05) is 11.1 Å². The second-order valence-electron chi connectivity index (χ2n) is 7.19. The van der Waals surface area contributed by atoms with Crippen LogP contribution in [0, 0.1) is 11.8 Å². The number of hydrogen-bond acceptors (Lipinski definition) is 4. The van der Waals surface area contributed by atoms with Gasteiger partial charge >= 0.3 is 11.9 Å². The lowest BCUT2D eigenvalue weighted by Crippen LogP contribution is -2.16. The molecule has 0 amide bonds. The van der Waals surface area contributed by atoms with Gasteiger partial charge in [0.15, 0.2) is 0 Å². The Kier molecular flexibility index (Phi) is 13.7. The zero-order valence-corrected chi connectivity index (χ0v) is 17.3. The van der Waals surface area contributed by atoms with Crippen molar-refractivity contribution in [2.45, 2.75) is 91.9 Å². The van der Waals surface area contributed by atoms with Crippen molar-refractivity contribution in [1.29, 1.82) is 0 Å². The molecule has 0 saturated heterocycles. The minimum atomic E-state index is -0.667. The zero-order chi connectivity index (χ0) is 19.9. The fourth-order valence-electron chi connectivity index (χ4n) is 2.94. The molecule has 0 heterocycles. The molecule has 0 aliphatic heterocycles. The maximum Gasteiger partial charge on any atom is 0.381 e. The normalized spacial score (nSPS) is 12.9. The molecule has 0 N–H and O–H groups in total. The van der Waals surface area contributed by atoms with Crippen LogP contribution in [0.4, 0.5) is 0 Å². The maximum absolute atomic E-state index is 12.0. The summed E-state index contributed by atoms with van der Waals surface area (Å²) in [6, 6.07) is 0. The van der Waals surface area contributed by atoms with E-state index < -0.39 is 11.9 Å². The van der Waals surface area contributed by atoms with Crippen molar-refractivity contribution in [2.24, 2.45) is 11.8 Å². The van der Waals surface area contributed by atoms with E-state index in [2.05, 4.69) is 50.6 Å². The SMILES string of the molecule is C=C(CC(CC)CCCC)C(=O)OOC(=O)C(=C)CC(CC)CCCC. The summed E-state index contributed by atoms with van der Waals surface area (Å²) >= 11 is 0. The predicted molar refractivity (Wildman–Crippen MR) is 106 cm³/mol. The molecule has 0 aliphatic rings. The highest BCUT2D eigenvalue weighted by atomic mass is 17.2. The van der Waals surface area contributed by atoms with Crippen molar-refractivity contribution >= 4 is 11.9 Å². The molecule has 0 fully saturated rings.